The van der Waals surface area contributed by atoms with Gasteiger partial charge < -0.3 is 20.3 Å². The van der Waals surface area contributed by atoms with Gasteiger partial charge in [0, 0.05) is 29.2 Å². The lowest BCUT2D eigenvalue weighted by Crippen LogP contribution is -2.30. The minimum Gasteiger partial charge on any atom is -0.489 e. The minimum atomic E-state index is -0.209. The number of nitrogens with zero attached hydrogens (tertiary/aromatic N) is 1. The van der Waals surface area contributed by atoms with Crippen molar-refractivity contribution in [3.05, 3.63) is 120 Å². The number of hydrogen-bond donors (Lipinski definition) is 2. The fourth-order valence-corrected chi connectivity index (χ4v) is 3.73. The maximum absolute atomic E-state index is 13.1. The van der Waals surface area contributed by atoms with Gasteiger partial charge in [-0.25, -0.2) is 0 Å². The molecule has 0 radical (unpaired) electrons. The van der Waals surface area contributed by atoms with Gasteiger partial charge in [0.1, 0.15) is 12.4 Å². The van der Waals surface area contributed by atoms with Gasteiger partial charge in [-0.3, -0.25) is 9.59 Å². The molecular weight excluding hydrogens is 450 g/mol. The van der Waals surface area contributed by atoms with Crippen molar-refractivity contribution < 1.29 is 14.3 Å². The first-order valence-corrected chi connectivity index (χ1v) is 11.9. The van der Waals surface area contributed by atoms with Crippen LogP contribution in [0, 0.1) is 0 Å². The Balaban J connectivity index is 1.29. The lowest BCUT2D eigenvalue weighted by atomic mass is 10.1. The summed E-state index contributed by atoms with van der Waals surface area (Å²) in [7, 11) is 0. The van der Waals surface area contributed by atoms with Crippen LogP contribution in [0.25, 0.3) is 0 Å². The second-order valence-corrected chi connectivity index (χ2v) is 8.17. The molecule has 0 bridgehead atoms. The van der Waals surface area contributed by atoms with Gasteiger partial charge in [-0.2, -0.15) is 0 Å². The normalized spacial score (nSPS) is 10.4. The fourth-order valence-electron chi connectivity index (χ4n) is 3.73. The van der Waals surface area contributed by atoms with Crippen molar-refractivity contribution in [1.82, 2.24) is 0 Å². The van der Waals surface area contributed by atoms with Crippen molar-refractivity contribution in [2.24, 2.45) is 0 Å². The lowest BCUT2D eigenvalue weighted by molar-refractivity contribution is -0.114. The third-order valence-corrected chi connectivity index (χ3v) is 5.58. The SMILES string of the molecule is CCN(C(=O)c1cccc(NC(=O)CNc2ccc(OCc3ccccc3)cc2)c1)c1ccccc1. The van der Waals surface area contributed by atoms with Gasteiger partial charge in [-0.15, -0.1) is 0 Å². The topological polar surface area (TPSA) is 70.7 Å². The van der Waals surface area contributed by atoms with E-state index in [4.69, 9.17) is 4.74 Å². The van der Waals surface area contributed by atoms with E-state index in [1.54, 1.807) is 29.2 Å². The molecule has 0 aliphatic carbocycles. The molecule has 0 saturated heterocycles. The first-order valence-electron chi connectivity index (χ1n) is 11.9. The van der Waals surface area contributed by atoms with E-state index in [9.17, 15) is 9.59 Å². The highest BCUT2D eigenvalue weighted by atomic mass is 16.5. The summed E-state index contributed by atoms with van der Waals surface area (Å²) in [5.41, 5.74) is 3.83. The zero-order chi connectivity index (χ0) is 25.2. The van der Waals surface area contributed by atoms with Gasteiger partial charge in [0.2, 0.25) is 5.91 Å². The smallest absolute Gasteiger partial charge is 0.258 e. The van der Waals surface area contributed by atoms with E-state index in [2.05, 4.69) is 10.6 Å². The maximum atomic E-state index is 13.1. The number of carbonyl (C=O) groups excluding carboxylic acids is 2. The van der Waals surface area contributed by atoms with Gasteiger partial charge in [0.25, 0.3) is 5.91 Å². The van der Waals surface area contributed by atoms with Crippen LogP contribution in [-0.4, -0.2) is 24.9 Å². The summed E-state index contributed by atoms with van der Waals surface area (Å²) >= 11 is 0. The molecule has 0 spiro atoms. The molecule has 6 nitrogen and oxygen atoms in total. The number of benzene rings is 4. The average Bonchev–Trinajstić information content (AvgIpc) is 2.93. The van der Waals surface area contributed by atoms with Gasteiger partial charge in [0.15, 0.2) is 0 Å². The first-order chi connectivity index (χ1) is 17.6. The van der Waals surface area contributed by atoms with Crippen LogP contribution in [0.2, 0.25) is 0 Å². The molecule has 0 saturated carbocycles. The highest BCUT2D eigenvalue weighted by molar-refractivity contribution is 6.07. The van der Waals surface area contributed by atoms with Crippen LogP contribution in [0.1, 0.15) is 22.8 Å². The number of carbonyl (C=O) groups is 2. The summed E-state index contributed by atoms with van der Waals surface area (Å²) in [6, 6.07) is 34.0. The third-order valence-electron chi connectivity index (χ3n) is 5.58. The summed E-state index contributed by atoms with van der Waals surface area (Å²) in [4.78, 5) is 27.3. The quantitative estimate of drug-likeness (QED) is 0.293. The van der Waals surface area contributed by atoms with Crippen LogP contribution in [0.3, 0.4) is 0 Å². The Morgan fingerprint density at radius 3 is 2.17 bits per heavy atom. The standard InChI is InChI=1S/C30H29N3O3/c1-2-33(27-14-7-4-8-15-27)30(35)24-12-9-13-26(20-24)32-29(34)21-31-25-16-18-28(19-17-25)36-22-23-10-5-3-6-11-23/h3-20,31H,2,21-22H2,1H3,(H,32,34). The van der Waals surface area contributed by atoms with Crippen molar-refractivity contribution in [2.75, 3.05) is 28.6 Å². The molecule has 0 aliphatic rings. The zero-order valence-corrected chi connectivity index (χ0v) is 20.2. The van der Waals surface area contributed by atoms with Crippen LogP contribution >= 0.6 is 0 Å². The number of para-hydroxylation sites is 1. The van der Waals surface area contributed by atoms with Crippen LogP contribution in [0.15, 0.2) is 109 Å². The van der Waals surface area contributed by atoms with Crippen LogP contribution in [0.4, 0.5) is 17.1 Å². The maximum Gasteiger partial charge on any atom is 0.258 e. The van der Waals surface area contributed by atoms with E-state index in [0.717, 1.165) is 22.7 Å². The molecule has 4 rings (SSSR count). The predicted octanol–water partition coefficient (Wildman–Crippen LogP) is 5.98. The number of ether oxygens (including phenoxy) is 1. The average molecular weight is 480 g/mol. The Kier molecular flexibility index (Phi) is 8.33. The van der Waals surface area contributed by atoms with E-state index in [1.807, 2.05) is 91.9 Å². The van der Waals surface area contributed by atoms with E-state index >= 15 is 0 Å². The minimum absolute atomic E-state index is 0.0908. The van der Waals surface area contributed by atoms with Crippen LogP contribution < -0.4 is 20.3 Å². The number of anilines is 3. The summed E-state index contributed by atoms with van der Waals surface area (Å²) in [5, 5.41) is 5.97. The summed E-state index contributed by atoms with van der Waals surface area (Å²) in [6.45, 7) is 3.07. The number of nitrogens with one attached hydrogen (secondary N) is 2. The van der Waals surface area contributed by atoms with Gasteiger partial charge >= 0.3 is 0 Å². The monoisotopic (exact) mass is 479 g/mol. The largest absolute Gasteiger partial charge is 0.489 e. The van der Waals surface area contributed by atoms with Crippen molar-refractivity contribution in [3.8, 4) is 5.75 Å². The second kappa shape index (κ2) is 12.2. The molecule has 4 aromatic carbocycles. The molecule has 182 valence electrons. The summed E-state index contributed by atoms with van der Waals surface area (Å²) in [6.07, 6.45) is 0. The second-order valence-electron chi connectivity index (χ2n) is 8.17. The molecule has 0 atom stereocenters. The molecular formula is C30H29N3O3. The number of hydrogen-bond acceptors (Lipinski definition) is 4. The zero-order valence-electron chi connectivity index (χ0n) is 20.2. The first kappa shape index (κ1) is 24.5. The molecule has 6 heteroatoms. The van der Waals surface area contributed by atoms with Crippen molar-refractivity contribution in [3.63, 3.8) is 0 Å². The van der Waals surface area contributed by atoms with E-state index in [1.165, 1.54) is 0 Å². The number of amides is 2. The van der Waals surface area contributed by atoms with E-state index in [0.29, 0.717) is 24.4 Å². The Bertz CT molecular complexity index is 1280. The molecule has 4 aromatic rings. The number of rotatable bonds is 10. The Morgan fingerprint density at radius 1 is 0.778 bits per heavy atom. The predicted molar refractivity (Wildman–Crippen MR) is 145 cm³/mol. The van der Waals surface area contributed by atoms with Gasteiger partial charge in [0.05, 0.1) is 6.54 Å². The molecule has 0 heterocycles. The molecule has 36 heavy (non-hydrogen) atoms. The highest BCUT2D eigenvalue weighted by Crippen LogP contribution is 2.20. The Morgan fingerprint density at radius 2 is 1.47 bits per heavy atom. The highest BCUT2D eigenvalue weighted by Gasteiger charge is 2.16. The van der Waals surface area contributed by atoms with Crippen molar-refractivity contribution >= 4 is 28.9 Å². The molecule has 0 aliphatic heterocycles. The molecule has 0 aromatic heterocycles. The Hall–Kier alpha value is -4.58. The van der Waals surface area contributed by atoms with Crippen LogP contribution in [-0.2, 0) is 11.4 Å². The fraction of sp³-hybridized carbons (Fsp3) is 0.133. The van der Waals surface area contributed by atoms with Crippen molar-refractivity contribution in [2.45, 2.75) is 13.5 Å². The molecule has 2 N–H and O–H groups in total. The third kappa shape index (κ3) is 6.73. The molecule has 2 amide bonds. The lowest BCUT2D eigenvalue weighted by Gasteiger charge is -2.21. The van der Waals surface area contributed by atoms with Crippen LogP contribution in [0.5, 0.6) is 5.75 Å². The van der Waals surface area contributed by atoms with E-state index < -0.39 is 0 Å². The van der Waals surface area contributed by atoms with Gasteiger partial charge in [-0.05, 0) is 67.1 Å². The van der Waals surface area contributed by atoms with E-state index in [-0.39, 0.29) is 18.4 Å². The van der Waals surface area contributed by atoms with Gasteiger partial charge in [-0.1, -0.05) is 54.6 Å². The van der Waals surface area contributed by atoms with Crippen molar-refractivity contribution in [1.29, 1.82) is 0 Å². The molecule has 0 fully saturated rings. The summed E-state index contributed by atoms with van der Waals surface area (Å²) in [5.74, 6) is 0.430. The Labute approximate surface area is 211 Å². The summed E-state index contributed by atoms with van der Waals surface area (Å²) < 4.78 is 5.80. The molecule has 0 unspecified atom stereocenters.